The van der Waals surface area contributed by atoms with Crippen molar-refractivity contribution in [2.75, 3.05) is 27.3 Å². The van der Waals surface area contributed by atoms with E-state index < -0.39 is 5.60 Å². The number of hydrogen-bond donors (Lipinski definition) is 1. The van der Waals surface area contributed by atoms with E-state index in [1.54, 1.807) is 14.2 Å². The van der Waals surface area contributed by atoms with Crippen molar-refractivity contribution in [3.63, 3.8) is 0 Å². The van der Waals surface area contributed by atoms with Gasteiger partial charge in [-0.25, -0.2) is 0 Å². The second kappa shape index (κ2) is 6.67. The molecule has 0 aliphatic carbocycles. The molecule has 0 saturated carbocycles. The average Bonchev–Trinajstić information content (AvgIpc) is 2.69. The van der Waals surface area contributed by atoms with Gasteiger partial charge in [-0.05, 0) is 57.4 Å². The highest BCUT2D eigenvalue weighted by atomic mass is 16.5. The lowest BCUT2D eigenvalue weighted by atomic mass is 9.86. The zero-order valence-electron chi connectivity index (χ0n) is 13.6. The van der Waals surface area contributed by atoms with Gasteiger partial charge in [0.05, 0.1) is 19.8 Å². The molecule has 1 fully saturated rings. The second-order valence-electron chi connectivity index (χ2n) is 6.12. The van der Waals surface area contributed by atoms with Gasteiger partial charge in [-0.2, -0.15) is 0 Å². The van der Waals surface area contributed by atoms with Crippen molar-refractivity contribution >= 4 is 0 Å². The van der Waals surface area contributed by atoms with Gasteiger partial charge in [0.15, 0.2) is 0 Å². The van der Waals surface area contributed by atoms with Gasteiger partial charge in [-0.3, -0.25) is 0 Å². The summed E-state index contributed by atoms with van der Waals surface area (Å²) < 4.78 is 10.6. The Hall–Kier alpha value is -1.26. The summed E-state index contributed by atoms with van der Waals surface area (Å²) in [6.45, 7) is 6.37. The van der Waals surface area contributed by atoms with Crippen LogP contribution in [0.4, 0.5) is 0 Å². The van der Waals surface area contributed by atoms with Gasteiger partial charge in [0, 0.05) is 18.7 Å². The van der Waals surface area contributed by atoms with Gasteiger partial charge in [0.1, 0.15) is 11.5 Å². The molecule has 1 N–H and O–H groups in total. The van der Waals surface area contributed by atoms with E-state index in [-0.39, 0.29) is 0 Å². The predicted octanol–water partition coefficient (Wildman–Crippen LogP) is 2.79. The van der Waals surface area contributed by atoms with E-state index in [9.17, 15) is 5.11 Å². The topological polar surface area (TPSA) is 41.9 Å². The first kappa shape index (κ1) is 16.1. The van der Waals surface area contributed by atoms with Crippen LogP contribution in [-0.4, -0.2) is 43.4 Å². The van der Waals surface area contributed by atoms with Crippen LogP contribution in [0.2, 0.25) is 0 Å². The summed E-state index contributed by atoms with van der Waals surface area (Å²) >= 11 is 0. The molecule has 21 heavy (non-hydrogen) atoms. The zero-order valence-corrected chi connectivity index (χ0v) is 13.6. The van der Waals surface area contributed by atoms with Gasteiger partial charge < -0.3 is 19.5 Å². The standard InChI is InChI=1S/C17H27NO3/c1-13(2)18-8-5-6-17(19,7-9-18)14-10-15(20-3)12-16(11-14)21-4/h10-13,19H,5-9H2,1-4H3. The Morgan fingerprint density at radius 3 is 2.19 bits per heavy atom. The average molecular weight is 293 g/mol. The Labute approximate surface area is 127 Å². The normalized spacial score (nSPS) is 23.9. The highest BCUT2D eigenvalue weighted by Crippen LogP contribution is 2.37. The van der Waals surface area contributed by atoms with Gasteiger partial charge >= 0.3 is 0 Å². The van der Waals surface area contributed by atoms with Crippen molar-refractivity contribution < 1.29 is 14.6 Å². The number of benzene rings is 1. The number of hydrogen-bond acceptors (Lipinski definition) is 4. The lowest BCUT2D eigenvalue weighted by Gasteiger charge is -2.29. The number of methoxy groups -OCH3 is 2. The van der Waals surface area contributed by atoms with Crippen LogP contribution in [0.25, 0.3) is 0 Å². The minimum atomic E-state index is -0.800. The highest BCUT2D eigenvalue weighted by molar-refractivity contribution is 5.41. The molecular weight excluding hydrogens is 266 g/mol. The predicted molar refractivity (Wildman–Crippen MR) is 84.0 cm³/mol. The van der Waals surface area contributed by atoms with Crippen LogP contribution >= 0.6 is 0 Å². The van der Waals surface area contributed by atoms with Crippen molar-refractivity contribution in [2.45, 2.75) is 44.8 Å². The van der Waals surface area contributed by atoms with Crippen LogP contribution < -0.4 is 9.47 Å². The molecule has 1 aromatic carbocycles. The molecule has 4 heteroatoms. The van der Waals surface area contributed by atoms with E-state index in [2.05, 4.69) is 18.7 Å². The van der Waals surface area contributed by atoms with E-state index >= 15 is 0 Å². The van der Waals surface area contributed by atoms with Crippen molar-refractivity contribution in [3.05, 3.63) is 23.8 Å². The van der Waals surface area contributed by atoms with Crippen LogP contribution in [-0.2, 0) is 5.60 Å². The molecule has 1 aromatic rings. The monoisotopic (exact) mass is 293 g/mol. The third kappa shape index (κ3) is 3.69. The first-order chi connectivity index (χ1) is 9.98. The van der Waals surface area contributed by atoms with Gasteiger partial charge in [0.2, 0.25) is 0 Å². The van der Waals surface area contributed by atoms with Crippen LogP contribution in [0.15, 0.2) is 18.2 Å². The zero-order chi connectivity index (χ0) is 15.5. The lowest BCUT2D eigenvalue weighted by Crippen LogP contribution is -2.33. The first-order valence-electron chi connectivity index (χ1n) is 7.68. The molecule has 0 radical (unpaired) electrons. The fourth-order valence-electron chi connectivity index (χ4n) is 3.02. The molecule has 118 valence electrons. The SMILES string of the molecule is COc1cc(OC)cc(C2(O)CCCN(C(C)C)CC2)c1. The lowest BCUT2D eigenvalue weighted by molar-refractivity contribution is 0.0200. The van der Waals surface area contributed by atoms with Crippen LogP contribution in [0.3, 0.4) is 0 Å². The number of likely N-dealkylation sites (tertiary alicyclic amines) is 1. The summed E-state index contributed by atoms with van der Waals surface area (Å²) in [6.07, 6.45) is 2.50. The van der Waals surface area contributed by atoms with Gasteiger partial charge in [-0.1, -0.05) is 0 Å². The highest BCUT2D eigenvalue weighted by Gasteiger charge is 2.33. The fraction of sp³-hybridized carbons (Fsp3) is 0.647. The maximum atomic E-state index is 11.1. The van der Waals surface area contributed by atoms with Crippen molar-refractivity contribution in [1.82, 2.24) is 4.90 Å². The third-order valence-electron chi connectivity index (χ3n) is 4.47. The quantitative estimate of drug-likeness (QED) is 0.927. The molecule has 1 atom stereocenters. The molecule has 0 aromatic heterocycles. The Balaban J connectivity index is 2.26. The molecule has 1 heterocycles. The second-order valence-corrected chi connectivity index (χ2v) is 6.12. The Morgan fingerprint density at radius 1 is 1.05 bits per heavy atom. The van der Waals surface area contributed by atoms with Crippen LogP contribution in [0.1, 0.15) is 38.7 Å². The molecule has 1 aliphatic heterocycles. The van der Waals surface area contributed by atoms with E-state index in [1.807, 2.05) is 18.2 Å². The number of aliphatic hydroxyl groups is 1. The first-order valence-corrected chi connectivity index (χ1v) is 7.68. The molecule has 1 saturated heterocycles. The molecule has 2 rings (SSSR count). The molecule has 1 aliphatic rings. The summed E-state index contributed by atoms with van der Waals surface area (Å²) in [4.78, 5) is 2.43. The molecule has 1 unspecified atom stereocenters. The summed E-state index contributed by atoms with van der Waals surface area (Å²) in [5, 5.41) is 11.1. The molecule has 0 spiro atoms. The van der Waals surface area contributed by atoms with Gasteiger partial charge in [0.25, 0.3) is 0 Å². The van der Waals surface area contributed by atoms with Crippen molar-refractivity contribution in [1.29, 1.82) is 0 Å². The maximum Gasteiger partial charge on any atom is 0.122 e. The smallest absolute Gasteiger partial charge is 0.122 e. The maximum absolute atomic E-state index is 11.1. The largest absolute Gasteiger partial charge is 0.497 e. The van der Waals surface area contributed by atoms with Crippen molar-refractivity contribution in [2.24, 2.45) is 0 Å². The molecular formula is C17H27NO3. The molecule has 4 nitrogen and oxygen atoms in total. The minimum Gasteiger partial charge on any atom is -0.497 e. The fourth-order valence-corrected chi connectivity index (χ4v) is 3.02. The summed E-state index contributed by atoms with van der Waals surface area (Å²) in [5.41, 5.74) is 0.0927. The third-order valence-corrected chi connectivity index (χ3v) is 4.47. The Morgan fingerprint density at radius 2 is 1.67 bits per heavy atom. The van der Waals surface area contributed by atoms with E-state index in [1.165, 1.54) is 0 Å². The van der Waals surface area contributed by atoms with Crippen LogP contribution in [0.5, 0.6) is 11.5 Å². The van der Waals surface area contributed by atoms with Gasteiger partial charge in [-0.15, -0.1) is 0 Å². The number of nitrogens with zero attached hydrogens (tertiary/aromatic N) is 1. The van der Waals surface area contributed by atoms with E-state index in [0.717, 1.165) is 49.4 Å². The van der Waals surface area contributed by atoms with E-state index in [4.69, 9.17) is 9.47 Å². The Kier molecular flexibility index (Phi) is 5.12. The number of ether oxygens (including phenoxy) is 2. The Bertz CT molecular complexity index is 453. The molecule has 0 bridgehead atoms. The number of rotatable bonds is 4. The summed E-state index contributed by atoms with van der Waals surface area (Å²) in [5.74, 6) is 1.45. The summed E-state index contributed by atoms with van der Waals surface area (Å²) in [7, 11) is 3.27. The van der Waals surface area contributed by atoms with Crippen LogP contribution in [0, 0.1) is 0 Å². The summed E-state index contributed by atoms with van der Waals surface area (Å²) in [6, 6.07) is 6.21. The van der Waals surface area contributed by atoms with E-state index in [0.29, 0.717) is 6.04 Å². The van der Waals surface area contributed by atoms with Crippen molar-refractivity contribution in [3.8, 4) is 11.5 Å². The minimum absolute atomic E-state index is 0.521. The molecule has 0 amide bonds.